The number of rotatable bonds is 5. The van der Waals surface area contributed by atoms with Gasteiger partial charge < -0.3 is 14.6 Å². The average molecular weight is 266 g/mol. The molecule has 1 amide bonds. The summed E-state index contributed by atoms with van der Waals surface area (Å²) in [5, 5.41) is 0. The number of amides is 1. The molecule has 106 valence electrons. The smallest absolute Gasteiger partial charge is 0.224 e. The van der Waals surface area contributed by atoms with Crippen LogP contribution in [0.4, 0.5) is 0 Å². The second-order valence-electron chi connectivity index (χ2n) is 4.70. The second kappa shape index (κ2) is 6.68. The zero-order chi connectivity index (χ0) is 13.7. The van der Waals surface area contributed by atoms with Crippen molar-refractivity contribution in [1.82, 2.24) is 19.8 Å². The molecular formula is C13H22N4O2. The van der Waals surface area contributed by atoms with Crippen LogP contribution in [0.25, 0.3) is 0 Å². The standard InChI is InChI=1S/C13H22N4O2/c1-3-16-7-8-17(12(18)4-9-19-2)10-11(16)13-14-5-6-15-13/h5-6,11H,3-4,7-10H2,1-2H3,(H,14,15)/t11-/m0/s1. The maximum atomic E-state index is 12.1. The van der Waals surface area contributed by atoms with Crippen LogP contribution in [0.15, 0.2) is 12.4 Å². The average Bonchev–Trinajstić information content (AvgIpc) is 2.98. The molecule has 1 aliphatic rings. The van der Waals surface area contributed by atoms with E-state index in [9.17, 15) is 4.79 Å². The topological polar surface area (TPSA) is 61.5 Å². The molecule has 0 saturated carbocycles. The summed E-state index contributed by atoms with van der Waals surface area (Å²) in [5.74, 6) is 1.10. The molecule has 0 aliphatic carbocycles. The highest BCUT2D eigenvalue weighted by molar-refractivity contribution is 5.76. The van der Waals surface area contributed by atoms with Crippen molar-refractivity contribution >= 4 is 5.91 Å². The fourth-order valence-corrected chi connectivity index (χ4v) is 2.49. The summed E-state index contributed by atoms with van der Waals surface area (Å²) in [6.45, 7) is 5.96. The lowest BCUT2D eigenvalue weighted by atomic mass is 10.1. The van der Waals surface area contributed by atoms with E-state index in [-0.39, 0.29) is 11.9 Å². The first-order valence-corrected chi connectivity index (χ1v) is 6.76. The van der Waals surface area contributed by atoms with Crippen LogP contribution in [-0.4, -0.2) is 65.6 Å². The molecule has 0 radical (unpaired) electrons. The van der Waals surface area contributed by atoms with Gasteiger partial charge in [-0.1, -0.05) is 6.92 Å². The lowest BCUT2D eigenvalue weighted by Gasteiger charge is -2.40. The van der Waals surface area contributed by atoms with Gasteiger partial charge in [0.2, 0.25) is 5.91 Å². The van der Waals surface area contributed by atoms with Crippen LogP contribution in [0.3, 0.4) is 0 Å². The molecule has 1 aromatic heterocycles. The molecule has 1 saturated heterocycles. The summed E-state index contributed by atoms with van der Waals surface area (Å²) < 4.78 is 4.97. The number of ether oxygens (including phenoxy) is 1. The maximum absolute atomic E-state index is 12.1. The van der Waals surface area contributed by atoms with Gasteiger partial charge in [-0.25, -0.2) is 4.98 Å². The summed E-state index contributed by atoms with van der Waals surface area (Å²) in [5.41, 5.74) is 0. The van der Waals surface area contributed by atoms with Gasteiger partial charge in [0.1, 0.15) is 5.82 Å². The van der Waals surface area contributed by atoms with Crippen molar-refractivity contribution in [3.8, 4) is 0 Å². The molecule has 1 atom stereocenters. The number of carbonyl (C=O) groups excluding carboxylic acids is 1. The molecule has 1 fully saturated rings. The monoisotopic (exact) mass is 266 g/mol. The first kappa shape index (κ1) is 14.0. The van der Waals surface area contributed by atoms with Gasteiger partial charge in [-0.2, -0.15) is 0 Å². The molecule has 1 aromatic rings. The van der Waals surface area contributed by atoms with Gasteiger partial charge in [0.05, 0.1) is 19.1 Å². The van der Waals surface area contributed by atoms with E-state index in [0.29, 0.717) is 19.6 Å². The molecule has 6 heteroatoms. The van der Waals surface area contributed by atoms with E-state index in [1.54, 1.807) is 13.3 Å². The van der Waals surface area contributed by atoms with Crippen molar-refractivity contribution in [2.24, 2.45) is 0 Å². The molecule has 2 rings (SSSR count). The van der Waals surface area contributed by atoms with Crippen molar-refractivity contribution in [1.29, 1.82) is 0 Å². The summed E-state index contributed by atoms with van der Waals surface area (Å²) in [4.78, 5) is 23.8. The molecule has 0 spiro atoms. The van der Waals surface area contributed by atoms with Crippen molar-refractivity contribution in [3.63, 3.8) is 0 Å². The highest BCUT2D eigenvalue weighted by Gasteiger charge is 2.30. The lowest BCUT2D eigenvalue weighted by Crippen LogP contribution is -2.50. The van der Waals surface area contributed by atoms with Crippen LogP contribution in [0.5, 0.6) is 0 Å². The Morgan fingerprint density at radius 1 is 1.58 bits per heavy atom. The van der Waals surface area contributed by atoms with Crippen molar-refractivity contribution < 1.29 is 9.53 Å². The van der Waals surface area contributed by atoms with Gasteiger partial charge in [-0.3, -0.25) is 9.69 Å². The van der Waals surface area contributed by atoms with Gasteiger partial charge in [0.15, 0.2) is 0 Å². The number of H-pyrrole nitrogens is 1. The summed E-state index contributed by atoms with van der Waals surface area (Å²) in [6.07, 6.45) is 4.04. The van der Waals surface area contributed by atoms with E-state index >= 15 is 0 Å². The van der Waals surface area contributed by atoms with Gasteiger partial charge in [0, 0.05) is 39.1 Å². The Hall–Kier alpha value is -1.40. The minimum Gasteiger partial charge on any atom is -0.384 e. The van der Waals surface area contributed by atoms with Gasteiger partial charge in [-0.05, 0) is 6.54 Å². The number of carbonyl (C=O) groups is 1. The minimum atomic E-state index is 0.161. The minimum absolute atomic E-state index is 0.161. The number of imidazole rings is 1. The fourth-order valence-electron chi connectivity index (χ4n) is 2.49. The molecule has 1 aliphatic heterocycles. The molecule has 2 heterocycles. The SMILES string of the molecule is CCN1CCN(C(=O)CCOC)C[C@H]1c1ncc[nH]1. The van der Waals surface area contributed by atoms with Crippen LogP contribution in [-0.2, 0) is 9.53 Å². The molecule has 0 unspecified atom stereocenters. The van der Waals surface area contributed by atoms with Crippen molar-refractivity contribution in [2.45, 2.75) is 19.4 Å². The van der Waals surface area contributed by atoms with E-state index in [4.69, 9.17) is 4.74 Å². The number of aromatic amines is 1. The first-order valence-electron chi connectivity index (χ1n) is 6.76. The third-order valence-electron chi connectivity index (χ3n) is 3.61. The van der Waals surface area contributed by atoms with Crippen molar-refractivity contribution in [3.05, 3.63) is 18.2 Å². The number of aromatic nitrogens is 2. The maximum Gasteiger partial charge on any atom is 0.224 e. The molecule has 1 N–H and O–H groups in total. The summed E-state index contributed by atoms with van der Waals surface area (Å²) in [6, 6.07) is 0.167. The molecule has 0 aromatic carbocycles. The van der Waals surface area contributed by atoms with Crippen LogP contribution in [0.2, 0.25) is 0 Å². The Balaban J connectivity index is 2.01. The van der Waals surface area contributed by atoms with E-state index < -0.39 is 0 Å². The zero-order valence-corrected chi connectivity index (χ0v) is 11.6. The Bertz CT molecular complexity index is 393. The zero-order valence-electron chi connectivity index (χ0n) is 11.6. The third-order valence-corrected chi connectivity index (χ3v) is 3.61. The van der Waals surface area contributed by atoms with E-state index in [1.807, 2.05) is 11.1 Å². The number of methoxy groups -OCH3 is 1. The molecule has 6 nitrogen and oxygen atoms in total. The van der Waals surface area contributed by atoms with Crippen LogP contribution >= 0.6 is 0 Å². The first-order chi connectivity index (χ1) is 9.26. The highest BCUT2D eigenvalue weighted by atomic mass is 16.5. The second-order valence-corrected chi connectivity index (χ2v) is 4.70. The summed E-state index contributed by atoms with van der Waals surface area (Å²) in [7, 11) is 1.62. The van der Waals surface area contributed by atoms with E-state index in [2.05, 4.69) is 21.8 Å². The fraction of sp³-hybridized carbons (Fsp3) is 0.692. The van der Waals surface area contributed by atoms with Crippen LogP contribution < -0.4 is 0 Å². The van der Waals surface area contributed by atoms with Gasteiger partial charge >= 0.3 is 0 Å². The van der Waals surface area contributed by atoms with Gasteiger partial charge in [0.25, 0.3) is 0 Å². The number of likely N-dealkylation sites (N-methyl/N-ethyl adjacent to an activating group) is 1. The van der Waals surface area contributed by atoms with Crippen LogP contribution in [0, 0.1) is 0 Å². The third kappa shape index (κ3) is 3.33. The van der Waals surface area contributed by atoms with E-state index in [1.165, 1.54) is 0 Å². The number of nitrogens with one attached hydrogen (secondary N) is 1. The van der Waals surface area contributed by atoms with Crippen molar-refractivity contribution in [2.75, 3.05) is 39.9 Å². The Morgan fingerprint density at radius 2 is 2.42 bits per heavy atom. The number of hydrogen-bond acceptors (Lipinski definition) is 4. The van der Waals surface area contributed by atoms with E-state index in [0.717, 1.165) is 25.5 Å². The largest absolute Gasteiger partial charge is 0.384 e. The number of nitrogens with zero attached hydrogens (tertiary/aromatic N) is 3. The number of hydrogen-bond donors (Lipinski definition) is 1. The molecular weight excluding hydrogens is 244 g/mol. The predicted molar refractivity (Wildman–Crippen MR) is 71.6 cm³/mol. The Morgan fingerprint density at radius 3 is 3.05 bits per heavy atom. The Kier molecular flexibility index (Phi) is 4.93. The normalized spacial score (nSPS) is 20.7. The van der Waals surface area contributed by atoms with Gasteiger partial charge in [-0.15, -0.1) is 0 Å². The summed E-state index contributed by atoms with van der Waals surface area (Å²) >= 11 is 0. The lowest BCUT2D eigenvalue weighted by molar-refractivity contribution is -0.135. The molecule has 0 bridgehead atoms. The molecule has 19 heavy (non-hydrogen) atoms. The highest BCUT2D eigenvalue weighted by Crippen LogP contribution is 2.22. The Labute approximate surface area is 113 Å². The quantitative estimate of drug-likeness (QED) is 0.850. The number of piperazine rings is 1. The van der Waals surface area contributed by atoms with Crippen LogP contribution in [0.1, 0.15) is 25.2 Å². The predicted octanol–water partition coefficient (Wildman–Crippen LogP) is 0.651.